The normalized spacial score (nSPS) is 23.1. The third-order valence-corrected chi connectivity index (χ3v) is 4.39. The Balaban J connectivity index is 2.70. The van der Waals surface area contributed by atoms with E-state index in [2.05, 4.69) is 11.1 Å². The van der Waals surface area contributed by atoms with Crippen LogP contribution in [0.2, 0.25) is 0 Å². The van der Waals surface area contributed by atoms with Gasteiger partial charge >= 0.3 is 5.97 Å². The monoisotopic (exact) mass is 344 g/mol. The smallest absolute Gasteiger partial charge is 0.330 e. The van der Waals surface area contributed by atoms with Gasteiger partial charge in [-0.25, -0.2) is 0 Å². The minimum Gasteiger partial charge on any atom is -0.442 e. The number of ether oxygens (including phenoxy) is 3. The molecule has 25 heavy (non-hydrogen) atoms. The van der Waals surface area contributed by atoms with E-state index in [1.54, 1.807) is 12.4 Å². The fourth-order valence-corrected chi connectivity index (χ4v) is 3.34. The fourth-order valence-electron chi connectivity index (χ4n) is 3.34. The SMILES string of the molecule is CCOC1(OCC)OC(C(C)(C)C)=C(C#N)[C@@H](c2cccnc2)[C@@H]1C. The summed E-state index contributed by atoms with van der Waals surface area (Å²) in [6.45, 7) is 12.8. The predicted molar refractivity (Wildman–Crippen MR) is 95.3 cm³/mol. The summed E-state index contributed by atoms with van der Waals surface area (Å²) in [4.78, 5) is 4.24. The molecule has 0 amide bonds. The molecular formula is C20H28N2O3. The van der Waals surface area contributed by atoms with E-state index in [9.17, 15) is 5.26 Å². The second-order valence-electron chi connectivity index (χ2n) is 7.23. The van der Waals surface area contributed by atoms with Crippen LogP contribution in [0.1, 0.15) is 53.0 Å². The van der Waals surface area contributed by atoms with Gasteiger partial charge in [-0.15, -0.1) is 0 Å². The second kappa shape index (κ2) is 7.55. The largest absolute Gasteiger partial charge is 0.442 e. The summed E-state index contributed by atoms with van der Waals surface area (Å²) >= 11 is 0. The molecule has 1 aromatic heterocycles. The van der Waals surface area contributed by atoms with Crippen LogP contribution in [0.25, 0.3) is 0 Å². The van der Waals surface area contributed by atoms with Gasteiger partial charge < -0.3 is 14.2 Å². The van der Waals surface area contributed by atoms with E-state index >= 15 is 0 Å². The molecule has 1 aliphatic heterocycles. The van der Waals surface area contributed by atoms with Gasteiger partial charge in [-0.3, -0.25) is 4.98 Å². The lowest BCUT2D eigenvalue weighted by atomic mass is 9.75. The van der Waals surface area contributed by atoms with Crippen molar-refractivity contribution in [2.24, 2.45) is 11.3 Å². The highest BCUT2D eigenvalue weighted by atomic mass is 16.9. The second-order valence-corrected chi connectivity index (χ2v) is 7.23. The molecule has 0 aliphatic carbocycles. The molecule has 0 spiro atoms. The Hall–Kier alpha value is -1.90. The molecule has 2 atom stereocenters. The third-order valence-electron chi connectivity index (χ3n) is 4.39. The Morgan fingerprint density at radius 3 is 2.36 bits per heavy atom. The number of hydrogen-bond acceptors (Lipinski definition) is 5. The van der Waals surface area contributed by atoms with Crippen molar-refractivity contribution < 1.29 is 14.2 Å². The summed E-state index contributed by atoms with van der Waals surface area (Å²) in [6, 6.07) is 6.24. The van der Waals surface area contributed by atoms with Crippen molar-refractivity contribution in [1.82, 2.24) is 4.98 Å². The molecule has 1 aromatic rings. The topological polar surface area (TPSA) is 64.4 Å². The summed E-state index contributed by atoms with van der Waals surface area (Å²) in [5.41, 5.74) is 1.22. The van der Waals surface area contributed by atoms with Crippen molar-refractivity contribution in [3.63, 3.8) is 0 Å². The van der Waals surface area contributed by atoms with E-state index in [0.29, 0.717) is 24.5 Å². The van der Waals surface area contributed by atoms with Crippen molar-refractivity contribution in [2.75, 3.05) is 13.2 Å². The molecule has 2 rings (SSSR count). The lowest BCUT2D eigenvalue weighted by molar-refractivity contribution is -0.397. The molecule has 1 aliphatic rings. The number of nitriles is 1. The number of hydrogen-bond donors (Lipinski definition) is 0. The number of nitrogens with zero attached hydrogens (tertiary/aromatic N) is 2. The van der Waals surface area contributed by atoms with Gasteiger partial charge in [0.2, 0.25) is 0 Å². The van der Waals surface area contributed by atoms with E-state index < -0.39 is 5.97 Å². The third kappa shape index (κ3) is 3.70. The van der Waals surface area contributed by atoms with Gasteiger partial charge in [0.25, 0.3) is 0 Å². The molecule has 0 saturated heterocycles. The van der Waals surface area contributed by atoms with Gasteiger partial charge in [0.05, 0.1) is 30.8 Å². The Labute approximate surface area is 150 Å². The highest BCUT2D eigenvalue weighted by Gasteiger charge is 2.53. The molecule has 0 unspecified atom stereocenters. The molecule has 0 fully saturated rings. The van der Waals surface area contributed by atoms with Crippen molar-refractivity contribution in [3.05, 3.63) is 41.4 Å². The number of rotatable bonds is 5. The van der Waals surface area contributed by atoms with Crippen LogP contribution in [0.4, 0.5) is 0 Å². The van der Waals surface area contributed by atoms with E-state index in [0.717, 1.165) is 5.56 Å². The maximum Gasteiger partial charge on any atom is 0.330 e. The Morgan fingerprint density at radius 2 is 1.92 bits per heavy atom. The van der Waals surface area contributed by atoms with Crippen LogP contribution in [0.5, 0.6) is 0 Å². The highest BCUT2D eigenvalue weighted by molar-refractivity contribution is 5.42. The first kappa shape index (κ1) is 19.4. The number of pyridine rings is 1. The molecule has 0 saturated carbocycles. The fraction of sp³-hybridized carbons (Fsp3) is 0.600. The molecule has 136 valence electrons. The molecular weight excluding hydrogens is 316 g/mol. The van der Waals surface area contributed by atoms with E-state index in [1.165, 1.54) is 0 Å². The molecule has 0 aromatic carbocycles. The zero-order valence-corrected chi connectivity index (χ0v) is 16.0. The Morgan fingerprint density at radius 1 is 1.28 bits per heavy atom. The molecule has 5 heteroatoms. The molecule has 5 nitrogen and oxygen atoms in total. The Bertz CT molecular complexity index is 650. The lowest BCUT2D eigenvalue weighted by Crippen LogP contribution is -2.51. The van der Waals surface area contributed by atoms with Crippen molar-refractivity contribution in [2.45, 2.75) is 53.4 Å². The summed E-state index contributed by atoms with van der Waals surface area (Å²) in [5.74, 6) is -1.02. The maximum absolute atomic E-state index is 9.91. The van der Waals surface area contributed by atoms with Crippen LogP contribution in [0, 0.1) is 22.7 Å². The van der Waals surface area contributed by atoms with Crippen LogP contribution in [0.3, 0.4) is 0 Å². The zero-order chi connectivity index (χ0) is 18.7. The van der Waals surface area contributed by atoms with Gasteiger partial charge in [0.1, 0.15) is 5.76 Å². The van der Waals surface area contributed by atoms with E-state index in [-0.39, 0.29) is 17.3 Å². The molecule has 0 N–H and O–H groups in total. The van der Waals surface area contributed by atoms with Crippen LogP contribution < -0.4 is 0 Å². The van der Waals surface area contributed by atoms with Crippen LogP contribution in [-0.4, -0.2) is 24.2 Å². The first-order chi connectivity index (χ1) is 11.8. The lowest BCUT2D eigenvalue weighted by Gasteiger charge is -2.47. The van der Waals surface area contributed by atoms with Crippen LogP contribution in [-0.2, 0) is 14.2 Å². The quantitative estimate of drug-likeness (QED) is 0.742. The average molecular weight is 344 g/mol. The minimum atomic E-state index is -1.22. The predicted octanol–water partition coefficient (Wildman–Crippen LogP) is 4.38. The maximum atomic E-state index is 9.91. The van der Waals surface area contributed by atoms with Gasteiger partial charge in [-0.05, 0) is 25.5 Å². The number of aromatic nitrogens is 1. The summed E-state index contributed by atoms with van der Waals surface area (Å²) in [7, 11) is 0. The summed E-state index contributed by atoms with van der Waals surface area (Å²) < 4.78 is 18.2. The number of allylic oxidation sites excluding steroid dienone is 2. The van der Waals surface area contributed by atoms with Crippen molar-refractivity contribution >= 4 is 0 Å². The first-order valence-corrected chi connectivity index (χ1v) is 8.82. The Kier molecular flexibility index (Phi) is 5.87. The van der Waals surface area contributed by atoms with Gasteiger partial charge in [-0.2, -0.15) is 5.26 Å². The minimum absolute atomic E-state index is 0.209. The van der Waals surface area contributed by atoms with E-state index in [4.69, 9.17) is 14.2 Å². The van der Waals surface area contributed by atoms with Crippen LogP contribution in [0.15, 0.2) is 35.9 Å². The van der Waals surface area contributed by atoms with E-state index in [1.807, 2.05) is 53.7 Å². The van der Waals surface area contributed by atoms with Crippen molar-refractivity contribution in [3.8, 4) is 6.07 Å². The summed E-state index contributed by atoms with van der Waals surface area (Å²) in [6.07, 6.45) is 3.53. The average Bonchev–Trinajstić information content (AvgIpc) is 2.57. The molecule has 2 heterocycles. The van der Waals surface area contributed by atoms with Crippen molar-refractivity contribution in [1.29, 1.82) is 5.26 Å². The highest BCUT2D eigenvalue weighted by Crippen LogP contribution is 2.50. The summed E-state index contributed by atoms with van der Waals surface area (Å²) in [5, 5.41) is 9.91. The zero-order valence-electron chi connectivity index (χ0n) is 16.0. The first-order valence-electron chi connectivity index (χ1n) is 8.82. The standard InChI is InChI=1S/C20H28N2O3/c1-7-23-20(24-8-2)14(3)17(15-10-9-11-22-13-15)16(12-21)18(25-20)19(4,5)6/h9-11,13-14,17H,7-8H2,1-6H3/t14-,17+/m0/s1. The van der Waals surface area contributed by atoms with Gasteiger partial charge in [0.15, 0.2) is 0 Å². The van der Waals surface area contributed by atoms with Gasteiger partial charge in [-0.1, -0.05) is 33.8 Å². The molecule has 0 radical (unpaired) electrons. The van der Waals surface area contributed by atoms with Crippen LogP contribution >= 0.6 is 0 Å². The van der Waals surface area contributed by atoms with Gasteiger partial charge in [0, 0.05) is 23.7 Å². The molecule has 0 bridgehead atoms.